The minimum Gasteiger partial charge on any atom is -0.497 e. The fourth-order valence-electron chi connectivity index (χ4n) is 8.33. The molecule has 1 N–H and O–H groups in total. The second kappa shape index (κ2) is 16.3. The summed E-state index contributed by atoms with van der Waals surface area (Å²) in [6.45, 7) is 17.5. The molecule has 0 spiro atoms. The van der Waals surface area contributed by atoms with E-state index in [2.05, 4.69) is 60.4 Å². The van der Waals surface area contributed by atoms with Crippen molar-refractivity contribution in [3.8, 4) is 11.5 Å². The number of fused-ring (bicyclic) bond motifs is 1. The van der Waals surface area contributed by atoms with E-state index in [4.69, 9.17) is 31.9 Å². The molecule has 2 aliphatic rings. The molecule has 0 radical (unpaired) electrons. The monoisotopic (exact) mass is 788 g/mol. The van der Waals surface area contributed by atoms with Crippen molar-refractivity contribution in [2.75, 3.05) is 20.8 Å². The van der Waals surface area contributed by atoms with Gasteiger partial charge in [0.1, 0.15) is 35.4 Å². The molecule has 1 aromatic heterocycles. The minimum absolute atomic E-state index is 0.0248. The zero-order valence-electron chi connectivity index (χ0n) is 33.6. The van der Waals surface area contributed by atoms with Crippen LogP contribution in [0.2, 0.25) is 22.2 Å². The van der Waals surface area contributed by atoms with Crippen LogP contribution in [0.25, 0.3) is 0 Å². The van der Waals surface area contributed by atoms with Gasteiger partial charge in [-0.05, 0) is 63.1 Å². The molecule has 2 aliphatic heterocycles. The van der Waals surface area contributed by atoms with E-state index in [9.17, 15) is 9.59 Å². The predicted molar refractivity (Wildman–Crippen MR) is 216 cm³/mol. The largest absolute Gasteiger partial charge is 0.497 e. The Morgan fingerprint density at radius 2 is 1.22 bits per heavy atom. The first-order valence-electron chi connectivity index (χ1n) is 19.2. The number of aromatic amines is 1. The highest BCUT2D eigenvalue weighted by molar-refractivity contribution is 6.84. The number of ether oxygens (including phenoxy) is 4. The highest BCUT2D eigenvalue weighted by Gasteiger charge is 2.63. The number of rotatable bonds is 12. The number of aromatic nitrogens is 2. The first-order chi connectivity index (χ1) is 26.2. The Kier molecular flexibility index (Phi) is 12.1. The van der Waals surface area contributed by atoms with E-state index in [-0.39, 0.29) is 28.8 Å². The number of H-pyrrole nitrogens is 1. The molecule has 296 valence electrons. The van der Waals surface area contributed by atoms with E-state index in [0.717, 1.165) is 16.7 Å². The van der Waals surface area contributed by atoms with Crippen molar-refractivity contribution in [1.29, 1.82) is 0 Å². The van der Waals surface area contributed by atoms with Gasteiger partial charge in [-0.2, -0.15) is 0 Å². The molecule has 0 unspecified atom stereocenters. The molecule has 0 amide bonds. The average molecular weight is 789 g/mol. The Morgan fingerprint density at radius 3 is 1.69 bits per heavy atom. The van der Waals surface area contributed by atoms with E-state index >= 15 is 0 Å². The molecule has 4 atom stereocenters. The fraction of sp³-hybridized carbons (Fsp3) is 0.476. The lowest BCUT2D eigenvalue weighted by atomic mass is 9.79. The Balaban J connectivity index is 1.64. The maximum atomic E-state index is 13.7. The van der Waals surface area contributed by atoms with E-state index < -0.39 is 58.5 Å². The van der Waals surface area contributed by atoms with Crippen molar-refractivity contribution in [3.63, 3.8) is 0 Å². The quantitative estimate of drug-likeness (QED) is 0.113. The topological polar surface area (TPSA) is 119 Å². The molecule has 13 heteroatoms. The number of benzene rings is 3. The summed E-state index contributed by atoms with van der Waals surface area (Å²) in [6, 6.07) is 26.9. The van der Waals surface area contributed by atoms with E-state index in [1.807, 2.05) is 78.9 Å². The SMILES string of the molecule is COc1ccc(C(O[C@H]2[C@@H]3O[Si](C(C)C)(C(C)C)O[Si](C(C)C)(C(C)C)OC[C@H]3O[C@H]2n2ccc(=O)[nH]c2=O)(c2ccccc2)c2ccc(OC)cc2)cc1. The van der Waals surface area contributed by atoms with Gasteiger partial charge in [0, 0.05) is 12.3 Å². The van der Waals surface area contributed by atoms with Crippen LogP contribution in [-0.2, 0) is 28.0 Å². The van der Waals surface area contributed by atoms with Gasteiger partial charge >= 0.3 is 22.8 Å². The normalized spacial score (nSPS) is 22.4. The van der Waals surface area contributed by atoms with E-state index in [1.54, 1.807) is 14.2 Å². The lowest BCUT2D eigenvalue weighted by molar-refractivity contribution is -0.123. The highest BCUT2D eigenvalue weighted by Crippen LogP contribution is 2.51. The lowest BCUT2D eigenvalue weighted by Crippen LogP contribution is -2.66. The van der Waals surface area contributed by atoms with Crippen molar-refractivity contribution < 1.29 is 31.9 Å². The van der Waals surface area contributed by atoms with Crippen molar-refractivity contribution in [2.24, 2.45) is 0 Å². The average Bonchev–Trinajstić information content (AvgIpc) is 3.48. The standard InChI is InChI=1S/C42H56N2O9Si2/c1-27(2)54(28(3)4)49-26-36-38(52-55(53-54,29(5)6)30(7)8)39(40(50-36)44-25-24-37(45)43-41(44)46)51-42(31-14-12-11-13-15-31,32-16-20-34(47-9)21-17-32)33-18-22-35(48-10)23-19-33/h11-25,27-30,36,38-40H,26H2,1-10H3,(H,43,45,46)/t36-,38-,39+,40-/m1/s1. The first kappa shape index (κ1) is 40.8. The highest BCUT2D eigenvalue weighted by atomic mass is 28.5. The molecular weight excluding hydrogens is 733 g/mol. The zero-order valence-corrected chi connectivity index (χ0v) is 35.6. The Labute approximate surface area is 326 Å². The summed E-state index contributed by atoms with van der Waals surface area (Å²) in [5.41, 5.74) is 0.327. The van der Waals surface area contributed by atoms with Gasteiger partial charge in [0.2, 0.25) is 0 Å². The van der Waals surface area contributed by atoms with Crippen LogP contribution < -0.4 is 20.7 Å². The van der Waals surface area contributed by atoms with Gasteiger partial charge < -0.3 is 31.9 Å². The molecular formula is C42H56N2O9Si2. The van der Waals surface area contributed by atoms with Crippen LogP contribution in [0.1, 0.15) is 78.3 Å². The third-order valence-electron chi connectivity index (χ3n) is 11.2. The molecule has 0 aliphatic carbocycles. The summed E-state index contributed by atoms with van der Waals surface area (Å²) in [5.74, 6) is 1.38. The van der Waals surface area contributed by atoms with Gasteiger partial charge in [0.15, 0.2) is 6.23 Å². The van der Waals surface area contributed by atoms with Gasteiger partial charge in [-0.25, -0.2) is 4.79 Å². The number of nitrogens with one attached hydrogen (secondary N) is 1. The number of methoxy groups -OCH3 is 2. The smallest absolute Gasteiger partial charge is 0.335 e. The summed E-state index contributed by atoms with van der Waals surface area (Å²) in [6.07, 6.45) is -1.89. The maximum absolute atomic E-state index is 13.7. The molecule has 3 aromatic carbocycles. The molecule has 0 bridgehead atoms. The molecule has 11 nitrogen and oxygen atoms in total. The van der Waals surface area contributed by atoms with Crippen molar-refractivity contribution in [2.45, 2.75) is 108 Å². The lowest BCUT2D eigenvalue weighted by Gasteiger charge is -2.51. The van der Waals surface area contributed by atoms with Crippen LogP contribution in [0.4, 0.5) is 0 Å². The van der Waals surface area contributed by atoms with Crippen LogP contribution in [-0.4, -0.2) is 65.8 Å². The third kappa shape index (κ3) is 7.43. The van der Waals surface area contributed by atoms with Crippen molar-refractivity contribution in [3.05, 3.63) is 129 Å². The van der Waals surface area contributed by atoms with Crippen molar-refractivity contribution >= 4 is 17.1 Å². The molecule has 6 rings (SSSR count). The van der Waals surface area contributed by atoms with Crippen LogP contribution in [0.15, 0.2) is 101 Å². The summed E-state index contributed by atoms with van der Waals surface area (Å²) in [5, 5.41) is 0. The Morgan fingerprint density at radius 1 is 0.709 bits per heavy atom. The summed E-state index contributed by atoms with van der Waals surface area (Å²) >= 11 is 0. The molecule has 55 heavy (non-hydrogen) atoms. The second-order valence-corrected chi connectivity index (χ2v) is 24.6. The third-order valence-corrected chi connectivity index (χ3v) is 21.5. The molecule has 4 aromatic rings. The Bertz CT molecular complexity index is 1930. The predicted octanol–water partition coefficient (Wildman–Crippen LogP) is 7.78. The Hall–Kier alpha value is -3.83. The number of hydrogen-bond donors (Lipinski definition) is 1. The molecule has 2 fully saturated rings. The van der Waals surface area contributed by atoms with Gasteiger partial charge in [-0.15, -0.1) is 0 Å². The van der Waals surface area contributed by atoms with Crippen LogP contribution in [0.5, 0.6) is 11.5 Å². The number of nitrogens with zero attached hydrogens (tertiary/aromatic N) is 1. The first-order valence-corrected chi connectivity index (χ1v) is 23.2. The molecule has 2 saturated heterocycles. The van der Waals surface area contributed by atoms with E-state index in [1.165, 1.54) is 16.8 Å². The molecule has 0 saturated carbocycles. The van der Waals surface area contributed by atoms with Gasteiger partial charge in [-0.3, -0.25) is 14.3 Å². The fourth-order valence-corrected chi connectivity index (χ4v) is 19.5. The van der Waals surface area contributed by atoms with Crippen molar-refractivity contribution in [1.82, 2.24) is 9.55 Å². The maximum Gasteiger partial charge on any atom is 0.335 e. The van der Waals surface area contributed by atoms with Gasteiger partial charge in [0.05, 0.1) is 20.8 Å². The zero-order chi connectivity index (χ0) is 39.7. The molecule has 3 heterocycles. The minimum atomic E-state index is -3.20. The van der Waals surface area contributed by atoms with Crippen LogP contribution in [0, 0.1) is 0 Å². The van der Waals surface area contributed by atoms with Crippen LogP contribution in [0.3, 0.4) is 0 Å². The van der Waals surface area contributed by atoms with Gasteiger partial charge in [-0.1, -0.05) is 110 Å². The summed E-state index contributed by atoms with van der Waals surface area (Å²) in [4.78, 5) is 28.5. The second-order valence-electron chi connectivity index (χ2n) is 15.7. The summed E-state index contributed by atoms with van der Waals surface area (Å²) < 4.78 is 49.6. The van der Waals surface area contributed by atoms with Crippen LogP contribution >= 0.6 is 0 Å². The summed E-state index contributed by atoms with van der Waals surface area (Å²) in [7, 11) is -2.87. The van der Waals surface area contributed by atoms with Gasteiger partial charge in [0.25, 0.3) is 5.56 Å². The van der Waals surface area contributed by atoms with E-state index in [0.29, 0.717) is 11.5 Å². The number of hydrogen-bond acceptors (Lipinski definition) is 9.